The number of rotatable bonds is 4. The first kappa shape index (κ1) is 21.6. The predicted molar refractivity (Wildman–Crippen MR) is 92.6 cm³/mol. The lowest BCUT2D eigenvalue weighted by Crippen LogP contribution is -2.45. The van der Waals surface area contributed by atoms with Crippen molar-refractivity contribution in [2.45, 2.75) is 12.4 Å². The van der Waals surface area contributed by atoms with Gasteiger partial charge in [0.1, 0.15) is 5.75 Å². The van der Waals surface area contributed by atoms with Crippen molar-refractivity contribution in [3.05, 3.63) is 54.0 Å². The molecule has 2 heterocycles. The standard InChI is InChI=1S/C16H17F3N2O2.2ClH/c17-16(18,19)23-14-3-1-12(2-4-14)15(13-5-10-22-11-13)21-8-6-20-7-9-21;;/h1-5,10-11,15,20H,6-9H2;2*1H/t15-;;/m1../s1. The molecule has 0 amide bonds. The minimum atomic E-state index is -4.68. The Balaban J connectivity index is 0.00000156. The van der Waals surface area contributed by atoms with Crippen LogP contribution in [0.1, 0.15) is 17.2 Å². The number of hydrogen-bond acceptors (Lipinski definition) is 4. The molecule has 0 radical (unpaired) electrons. The fourth-order valence-corrected chi connectivity index (χ4v) is 2.84. The highest BCUT2D eigenvalue weighted by Crippen LogP contribution is 2.31. The van der Waals surface area contributed by atoms with Gasteiger partial charge in [0.25, 0.3) is 0 Å². The second kappa shape index (κ2) is 9.33. The Kier molecular flexibility index (Phi) is 8.08. The van der Waals surface area contributed by atoms with E-state index in [4.69, 9.17) is 4.42 Å². The molecule has 0 saturated carbocycles. The molecule has 140 valence electrons. The van der Waals surface area contributed by atoms with Crippen LogP contribution in [0.2, 0.25) is 0 Å². The molecule has 25 heavy (non-hydrogen) atoms. The predicted octanol–water partition coefficient (Wildman–Crippen LogP) is 4.02. The van der Waals surface area contributed by atoms with E-state index < -0.39 is 6.36 Å². The molecule has 0 aliphatic carbocycles. The van der Waals surface area contributed by atoms with Crippen LogP contribution in [0.3, 0.4) is 0 Å². The fraction of sp³-hybridized carbons (Fsp3) is 0.375. The molecule has 1 aliphatic heterocycles. The molecule has 0 unspecified atom stereocenters. The van der Waals surface area contributed by atoms with Gasteiger partial charge in [0.2, 0.25) is 0 Å². The van der Waals surface area contributed by atoms with Crippen LogP contribution in [0.25, 0.3) is 0 Å². The number of nitrogens with zero attached hydrogens (tertiary/aromatic N) is 1. The number of benzene rings is 1. The highest BCUT2D eigenvalue weighted by atomic mass is 35.5. The molecule has 9 heteroatoms. The van der Waals surface area contributed by atoms with Gasteiger partial charge in [-0.25, -0.2) is 0 Å². The van der Waals surface area contributed by atoms with E-state index in [-0.39, 0.29) is 36.6 Å². The van der Waals surface area contributed by atoms with Crippen molar-refractivity contribution in [3.8, 4) is 5.75 Å². The first-order valence-electron chi connectivity index (χ1n) is 7.35. The SMILES string of the molecule is Cl.Cl.FC(F)(F)Oc1ccc([C@H](c2ccoc2)N2CCNCC2)cc1. The van der Waals surface area contributed by atoms with Crippen LogP contribution in [0.15, 0.2) is 47.3 Å². The summed E-state index contributed by atoms with van der Waals surface area (Å²) in [7, 11) is 0. The van der Waals surface area contributed by atoms with Crippen molar-refractivity contribution in [2.24, 2.45) is 0 Å². The first-order chi connectivity index (χ1) is 11.0. The zero-order chi connectivity index (χ0) is 16.3. The summed E-state index contributed by atoms with van der Waals surface area (Å²) in [5.41, 5.74) is 1.89. The van der Waals surface area contributed by atoms with E-state index in [1.54, 1.807) is 24.7 Å². The summed E-state index contributed by atoms with van der Waals surface area (Å²) in [6, 6.07) is 7.86. The van der Waals surface area contributed by atoms with E-state index >= 15 is 0 Å². The summed E-state index contributed by atoms with van der Waals surface area (Å²) >= 11 is 0. The number of alkyl halides is 3. The molecule has 0 spiro atoms. The Labute approximate surface area is 156 Å². The summed E-state index contributed by atoms with van der Waals surface area (Å²) in [4.78, 5) is 2.28. The van der Waals surface area contributed by atoms with Gasteiger partial charge in [0.05, 0.1) is 18.6 Å². The van der Waals surface area contributed by atoms with Crippen LogP contribution in [-0.2, 0) is 0 Å². The third-order valence-electron chi connectivity index (χ3n) is 3.81. The number of nitrogens with one attached hydrogen (secondary N) is 1. The average Bonchev–Trinajstić information content (AvgIpc) is 3.03. The van der Waals surface area contributed by atoms with Crippen molar-refractivity contribution in [1.82, 2.24) is 10.2 Å². The fourth-order valence-electron chi connectivity index (χ4n) is 2.84. The van der Waals surface area contributed by atoms with Gasteiger partial charge in [0, 0.05) is 31.7 Å². The summed E-state index contributed by atoms with van der Waals surface area (Å²) in [6.45, 7) is 3.47. The van der Waals surface area contributed by atoms with Crippen molar-refractivity contribution < 1.29 is 22.3 Å². The Morgan fingerprint density at radius 3 is 2.16 bits per heavy atom. The zero-order valence-electron chi connectivity index (χ0n) is 13.2. The van der Waals surface area contributed by atoms with Gasteiger partial charge in [0.15, 0.2) is 0 Å². The first-order valence-corrected chi connectivity index (χ1v) is 7.35. The van der Waals surface area contributed by atoms with Crippen molar-refractivity contribution in [1.29, 1.82) is 0 Å². The number of ether oxygens (including phenoxy) is 1. The lowest BCUT2D eigenvalue weighted by molar-refractivity contribution is -0.274. The normalized spacial score (nSPS) is 16.4. The average molecular weight is 399 g/mol. The van der Waals surface area contributed by atoms with Crippen molar-refractivity contribution in [2.75, 3.05) is 26.2 Å². The molecule has 1 fully saturated rings. The Hall–Kier alpha value is -1.41. The van der Waals surface area contributed by atoms with Crippen molar-refractivity contribution in [3.63, 3.8) is 0 Å². The Bertz CT molecular complexity index is 615. The van der Waals surface area contributed by atoms with Crippen LogP contribution < -0.4 is 10.1 Å². The molecule has 2 aromatic rings. The van der Waals surface area contributed by atoms with E-state index in [9.17, 15) is 13.2 Å². The highest BCUT2D eigenvalue weighted by Gasteiger charge is 2.31. The molecule has 1 aromatic heterocycles. The summed E-state index contributed by atoms with van der Waals surface area (Å²) in [5.74, 6) is -0.215. The van der Waals surface area contributed by atoms with Crippen LogP contribution in [0, 0.1) is 0 Å². The van der Waals surface area contributed by atoms with Crippen LogP contribution in [-0.4, -0.2) is 37.4 Å². The second-order valence-corrected chi connectivity index (χ2v) is 5.36. The van der Waals surface area contributed by atoms with E-state index in [0.717, 1.165) is 37.3 Å². The van der Waals surface area contributed by atoms with Crippen LogP contribution in [0.4, 0.5) is 13.2 Å². The molecule has 0 bridgehead atoms. The number of piperazine rings is 1. The monoisotopic (exact) mass is 398 g/mol. The highest BCUT2D eigenvalue weighted by molar-refractivity contribution is 5.85. The summed E-state index contributed by atoms with van der Waals surface area (Å²) < 4.78 is 45.9. The van der Waals surface area contributed by atoms with Gasteiger partial charge < -0.3 is 14.5 Å². The van der Waals surface area contributed by atoms with E-state index in [2.05, 4.69) is 15.0 Å². The van der Waals surface area contributed by atoms with Gasteiger partial charge in [-0.1, -0.05) is 12.1 Å². The molecule has 1 atom stereocenters. The molecule has 1 N–H and O–H groups in total. The van der Waals surface area contributed by atoms with E-state index in [0.29, 0.717) is 0 Å². The zero-order valence-corrected chi connectivity index (χ0v) is 14.8. The van der Waals surface area contributed by atoms with Gasteiger partial charge in [-0.3, -0.25) is 4.90 Å². The Morgan fingerprint density at radius 2 is 1.64 bits per heavy atom. The molecule has 1 saturated heterocycles. The molecular formula is C16H19Cl2F3N2O2. The topological polar surface area (TPSA) is 37.6 Å². The lowest BCUT2D eigenvalue weighted by atomic mass is 9.98. The maximum Gasteiger partial charge on any atom is 0.573 e. The van der Waals surface area contributed by atoms with Gasteiger partial charge in [-0.15, -0.1) is 38.0 Å². The minimum absolute atomic E-state index is 0. The quantitative estimate of drug-likeness (QED) is 0.843. The van der Waals surface area contributed by atoms with Gasteiger partial charge in [-0.2, -0.15) is 0 Å². The number of halogens is 5. The van der Waals surface area contributed by atoms with E-state index in [1.165, 1.54) is 12.1 Å². The lowest BCUT2D eigenvalue weighted by Gasteiger charge is -2.34. The van der Waals surface area contributed by atoms with Gasteiger partial charge >= 0.3 is 6.36 Å². The minimum Gasteiger partial charge on any atom is -0.472 e. The van der Waals surface area contributed by atoms with Crippen LogP contribution >= 0.6 is 24.8 Å². The summed E-state index contributed by atoms with van der Waals surface area (Å²) in [5, 5.41) is 3.29. The Morgan fingerprint density at radius 1 is 1.00 bits per heavy atom. The smallest absolute Gasteiger partial charge is 0.472 e. The molecule has 3 rings (SSSR count). The van der Waals surface area contributed by atoms with E-state index in [1.807, 2.05) is 6.07 Å². The largest absolute Gasteiger partial charge is 0.573 e. The number of furan rings is 1. The third-order valence-corrected chi connectivity index (χ3v) is 3.81. The molecule has 1 aliphatic rings. The second-order valence-electron chi connectivity index (χ2n) is 5.36. The van der Waals surface area contributed by atoms with Crippen molar-refractivity contribution >= 4 is 24.8 Å². The molecular weight excluding hydrogens is 380 g/mol. The summed E-state index contributed by atoms with van der Waals surface area (Å²) in [6.07, 6.45) is -1.40. The maximum absolute atomic E-state index is 12.3. The van der Waals surface area contributed by atoms with Gasteiger partial charge in [-0.05, 0) is 23.8 Å². The third kappa shape index (κ3) is 5.81. The maximum atomic E-state index is 12.3. The molecule has 4 nitrogen and oxygen atoms in total. The van der Waals surface area contributed by atoms with Crippen LogP contribution in [0.5, 0.6) is 5.75 Å². The number of hydrogen-bond donors (Lipinski definition) is 1. The molecule has 1 aromatic carbocycles.